The molecule has 0 saturated carbocycles. The number of methoxy groups -OCH3 is 1. The Morgan fingerprint density at radius 2 is 2.18 bits per heavy atom. The van der Waals surface area contributed by atoms with E-state index in [1.165, 1.54) is 6.92 Å². The molecule has 0 atom stereocenters. The fraction of sp³-hybridized carbons (Fsp3) is 0.400. The highest BCUT2D eigenvalue weighted by Crippen LogP contribution is 2.31. The summed E-state index contributed by atoms with van der Waals surface area (Å²) in [4.78, 5) is 14.4. The van der Waals surface area contributed by atoms with Crippen LogP contribution in [-0.2, 0) is 4.74 Å². The van der Waals surface area contributed by atoms with Crippen molar-refractivity contribution < 1.29 is 27.4 Å². The van der Waals surface area contributed by atoms with Crippen LogP contribution in [0, 0.1) is 5.95 Å². The van der Waals surface area contributed by atoms with Crippen LogP contribution in [-0.4, -0.2) is 24.7 Å². The number of nitrogens with zero attached hydrogens (tertiary/aromatic N) is 1. The molecular formula is C10H10F3NO3. The molecule has 0 aliphatic heterocycles. The summed E-state index contributed by atoms with van der Waals surface area (Å²) in [7, 11) is 1.09. The molecule has 4 nitrogen and oxygen atoms in total. The van der Waals surface area contributed by atoms with E-state index in [4.69, 9.17) is 0 Å². The molecule has 0 aromatic carbocycles. The Labute approximate surface area is 95.4 Å². The Kier molecular flexibility index (Phi) is 4.30. The summed E-state index contributed by atoms with van der Waals surface area (Å²) in [6, 6.07) is 0.697. The lowest BCUT2D eigenvalue weighted by Gasteiger charge is -2.11. The van der Waals surface area contributed by atoms with Gasteiger partial charge in [-0.1, -0.05) is 0 Å². The zero-order valence-corrected chi connectivity index (χ0v) is 9.17. The molecule has 0 aliphatic rings. The van der Waals surface area contributed by atoms with Crippen LogP contribution in [0.2, 0.25) is 0 Å². The number of pyridine rings is 1. The van der Waals surface area contributed by atoms with Crippen molar-refractivity contribution in [2.24, 2.45) is 0 Å². The van der Waals surface area contributed by atoms with Crippen molar-refractivity contribution in [1.82, 2.24) is 4.98 Å². The number of rotatable bonds is 4. The van der Waals surface area contributed by atoms with Crippen molar-refractivity contribution in [2.75, 3.05) is 13.7 Å². The van der Waals surface area contributed by atoms with Crippen LogP contribution in [0.25, 0.3) is 0 Å². The Morgan fingerprint density at radius 1 is 1.53 bits per heavy atom. The SMILES string of the molecule is CCOC(=O)c1cc(F)nc(C(F)F)c1OC. The fourth-order valence-electron chi connectivity index (χ4n) is 1.24. The van der Waals surface area contributed by atoms with Crippen LogP contribution in [0.5, 0.6) is 5.75 Å². The molecule has 1 heterocycles. The van der Waals surface area contributed by atoms with Crippen LogP contribution in [0.1, 0.15) is 29.4 Å². The van der Waals surface area contributed by atoms with Crippen LogP contribution < -0.4 is 4.74 Å². The molecule has 0 saturated heterocycles. The average molecular weight is 249 g/mol. The third-order valence-electron chi connectivity index (χ3n) is 1.87. The van der Waals surface area contributed by atoms with Crippen molar-refractivity contribution in [2.45, 2.75) is 13.3 Å². The fourth-order valence-corrected chi connectivity index (χ4v) is 1.24. The summed E-state index contributed by atoms with van der Waals surface area (Å²) in [5.74, 6) is -2.60. The van der Waals surface area contributed by atoms with Crippen molar-refractivity contribution >= 4 is 5.97 Å². The van der Waals surface area contributed by atoms with Crippen molar-refractivity contribution in [3.05, 3.63) is 23.3 Å². The molecule has 17 heavy (non-hydrogen) atoms. The smallest absolute Gasteiger partial charge is 0.342 e. The summed E-state index contributed by atoms with van der Waals surface area (Å²) in [5, 5.41) is 0. The highest BCUT2D eigenvalue weighted by atomic mass is 19.3. The molecule has 1 aromatic heterocycles. The molecule has 0 bridgehead atoms. The van der Waals surface area contributed by atoms with Gasteiger partial charge >= 0.3 is 5.97 Å². The van der Waals surface area contributed by atoms with E-state index in [9.17, 15) is 18.0 Å². The molecule has 1 rings (SSSR count). The van der Waals surface area contributed by atoms with E-state index in [2.05, 4.69) is 14.5 Å². The van der Waals surface area contributed by atoms with Gasteiger partial charge in [0.2, 0.25) is 5.95 Å². The monoisotopic (exact) mass is 249 g/mol. The van der Waals surface area contributed by atoms with E-state index in [1.54, 1.807) is 0 Å². The van der Waals surface area contributed by atoms with E-state index < -0.39 is 35.3 Å². The quantitative estimate of drug-likeness (QED) is 0.607. The number of hydrogen-bond acceptors (Lipinski definition) is 4. The Balaban J connectivity index is 3.32. The first kappa shape index (κ1) is 13.3. The third kappa shape index (κ3) is 2.86. The minimum atomic E-state index is -3.05. The van der Waals surface area contributed by atoms with Gasteiger partial charge in [0, 0.05) is 6.07 Å². The van der Waals surface area contributed by atoms with Crippen LogP contribution in [0.3, 0.4) is 0 Å². The van der Waals surface area contributed by atoms with Crippen LogP contribution in [0.15, 0.2) is 6.07 Å². The lowest BCUT2D eigenvalue weighted by atomic mass is 10.2. The molecule has 1 aromatic rings. The van der Waals surface area contributed by atoms with Crippen LogP contribution >= 0.6 is 0 Å². The second kappa shape index (κ2) is 5.51. The maximum absolute atomic E-state index is 13.0. The van der Waals surface area contributed by atoms with Gasteiger partial charge in [0.15, 0.2) is 11.4 Å². The topological polar surface area (TPSA) is 48.4 Å². The Bertz CT molecular complexity index is 424. The molecule has 7 heteroatoms. The zero-order chi connectivity index (χ0) is 13.0. The van der Waals surface area contributed by atoms with E-state index in [0.29, 0.717) is 6.07 Å². The third-order valence-corrected chi connectivity index (χ3v) is 1.87. The molecule has 0 radical (unpaired) electrons. The van der Waals surface area contributed by atoms with E-state index in [0.717, 1.165) is 7.11 Å². The second-order valence-corrected chi connectivity index (χ2v) is 2.93. The normalized spacial score (nSPS) is 10.5. The molecule has 0 fully saturated rings. The highest BCUT2D eigenvalue weighted by Gasteiger charge is 2.25. The molecule has 0 amide bonds. The molecule has 94 valence electrons. The van der Waals surface area contributed by atoms with E-state index in [1.807, 2.05) is 0 Å². The molecule has 0 spiro atoms. The number of carbonyl (C=O) groups excluding carboxylic acids is 1. The first-order valence-electron chi connectivity index (χ1n) is 4.71. The molecule has 0 unspecified atom stereocenters. The van der Waals surface area contributed by atoms with Gasteiger partial charge in [-0.05, 0) is 6.92 Å². The minimum absolute atomic E-state index is 0.0376. The van der Waals surface area contributed by atoms with Gasteiger partial charge in [-0.15, -0.1) is 0 Å². The van der Waals surface area contributed by atoms with Gasteiger partial charge in [0.05, 0.1) is 13.7 Å². The number of carbonyl (C=O) groups is 1. The highest BCUT2D eigenvalue weighted by molar-refractivity contribution is 5.92. The predicted molar refractivity (Wildman–Crippen MR) is 51.7 cm³/mol. The number of ether oxygens (including phenoxy) is 2. The molecular weight excluding hydrogens is 239 g/mol. The summed E-state index contributed by atoms with van der Waals surface area (Å²) < 4.78 is 47.4. The predicted octanol–water partition coefficient (Wildman–Crippen LogP) is 2.34. The van der Waals surface area contributed by atoms with E-state index >= 15 is 0 Å². The standard InChI is InChI=1S/C10H10F3NO3/c1-3-17-10(15)5-4-6(11)14-7(9(12)13)8(5)16-2/h4,9H,3H2,1-2H3. The molecule has 0 aliphatic carbocycles. The first-order valence-corrected chi connectivity index (χ1v) is 4.71. The number of alkyl halides is 2. The maximum Gasteiger partial charge on any atom is 0.342 e. The summed E-state index contributed by atoms with van der Waals surface area (Å²) >= 11 is 0. The van der Waals surface area contributed by atoms with Crippen molar-refractivity contribution in [1.29, 1.82) is 0 Å². The first-order chi connectivity index (χ1) is 8.01. The Morgan fingerprint density at radius 3 is 2.65 bits per heavy atom. The second-order valence-electron chi connectivity index (χ2n) is 2.93. The zero-order valence-electron chi connectivity index (χ0n) is 9.17. The number of esters is 1. The van der Waals surface area contributed by atoms with Crippen LogP contribution in [0.4, 0.5) is 13.2 Å². The van der Waals surface area contributed by atoms with Gasteiger partial charge in [-0.3, -0.25) is 0 Å². The maximum atomic E-state index is 13.0. The summed E-state index contributed by atoms with van der Waals surface area (Å²) in [6.45, 7) is 1.58. The number of hydrogen-bond donors (Lipinski definition) is 0. The van der Waals surface area contributed by atoms with Crippen molar-refractivity contribution in [3.8, 4) is 5.75 Å². The van der Waals surface area contributed by atoms with Gasteiger partial charge in [-0.2, -0.15) is 4.39 Å². The minimum Gasteiger partial charge on any atom is -0.494 e. The Hall–Kier alpha value is -1.79. The van der Waals surface area contributed by atoms with Gasteiger partial charge < -0.3 is 9.47 Å². The number of halogens is 3. The van der Waals surface area contributed by atoms with Crippen molar-refractivity contribution in [3.63, 3.8) is 0 Å². The largest absolute Gasteiger partial charge is 0.494 e. The lowest BCUT2D eigenvalue weighted by Crippen LogP contribution is -2.11. The average Bonchev–Trinajstić information content (AvgIpc) is 2.28. The lowest BCUT2D eigenvalue weighted by molar-refractivity contribution is 0.0520. The van der Waals surface area contributed by atoms with Gasteiger partial charge in [-0.25, -0.2) is 18.6 Å². The summed E-state index contributed by atoms with van der Waals surface area (Å²) in [5.41, 5.74) is -1.33. The molecule has 0 N–H and O–H groups in total. The number of aromatic nitrogens is 1. The van der Waals surface area contributed by atoms with E-state index in [-0.39, 0.29) is 6.61 Å². The van der Waals surface area contributed by atoms with Gasteiger partial charge in [0.25, 0.3) is 6.43 Å². The van der Waals surface area contributed by atoms with Gasteiger partial charge in [0.1, 0.15) is 5.56 Å². The summed E-state index contributed by atoms with van der Waals surface area (Å²) in [6.07, 6.45) is -3.05.